The fourth-order valence-electron chi connectivity index (χ4n) is 2.15. The van der Waals surface area contributed by atoms with Gasteiger partial charge in [-0.3, -0.25) is 9.36 Å². The fraction of sp³-hybridized carbons (Fsp3) is 0.500. The zero-order valence-corrected chi connectivity index (χ0v) is 9.65. The topological polar surface area (TPSA) is 113 Å². The molecule has 3 rings (SSSR count). The Bertz CT molecular complexity index is 671. The van der Waals surface area contributed by atoms with Gasteiger partial charge in [-0.2, -0.15) is 0 Å². The standard InChI is InChI=1S/C10H11FN4O4/c11-10(2-16)1-5(17)9(19-10)15-4-14-6-7(15)12-3-13-8(6)18/h3-5,9,16-17H,1-2H2,(H,12,13,18)/t5-,9-,10+/m1/s1. The van der Waals surface area contributed by atoms with E-state index in [1.165, 1.54) is 17.2 Å². The molecule has 3 heterocycles. The summed E-state index contributed by atoms with van der Waals surface area (Å²) in [6.07, 6.45) is -0.202. The number of aromatic nitrogens is 4. The number of aliphatic hydroxyl groups is 2. The Morgan fingerprint density at radius 2 is 2.42 bits per heavy atom. The predicted molar refractivity (Wildman–Crippen MR) is 59.8 cm³/mol. The molecule has 0 unspecified atom stereocenters. The fourth-order valence-corrected chi connectivity index (χ4v) is 2.15. The highest BCUT2D eigenvalue weighted by molar-refractivity contribution is 5.68. The first-order valence-corrected chi connectivity index (χ1v) is 5.60. The van der Waals surface area contributed by atoms with E-state index in [0.717, 1.165) is 0 Å². The molecule has 9 heteroatoms. The van der Waals surface area contributed by atoms with Crippen molar-refractivity contribution in [3.63, 3.8) is 0 Å². The number of nitrogens with one attached hydrogen (secondary N) is 1. The van der Waals surface area contributed by atoms with Gasteiger partial charge < -0.3 is 19.9 Å². The predicted octanol–water partition coefficient (Wildman–Crippen LogP) is -0.943. The average molecular weight is 270 g/mol. The Kier molecular flexibility index (Phi) is 2.62. The minimum atomic E-state index is -2.30. The lowest BCUT2D eigenvalue weighted by Gasteiger charge is -2.18. The van der Waals surface area contributed by atoms with Gasteiger partial charge in [0.2, 0.25) is 5.85 Å². The lowest BCUT2D eigenvalue weighted by atomic mass is 10.2. The van der Waals surface area contributed by atoms with Gasteiger partial charge in [0.15, 0.2) is 17.4 Å². The molecule has 1 aliphatic heterocycles. The van der Waals surface area contributed by atoms with Crippen LogP contribution in [-0.4, -0.2) is 48.3 Å². The van der Waals surface area contributed by atoms with Crippen molar-refractivity contribution in [3.8, 4) is 0 Å². The second kappa shape index (κ2) is 4.08. The minimum Gasteiger partial charge on any atom is -0.390 e. The summed E-state index contributed by atoms with van der Waals surface area (Å²) >= 11 is 0. The van der Waals surface area contributed by atoms with Crippen molar-refractivity contribution in [1.82, 2.24) is 19.5 Å². The Morgan fingerprint density at radius 3 is 3.11 bits per heavy atom. The first kappa shape index (κ1) is 12.2. The van der Waals surface area contributed by atoms with E-state index in [9.17, 15) is 14.3 Å². The van der Waals surface area contributed by atoms with Gasteiger partial charge in [-0.1, -0.05) is 0 Å². The van der Waals surface area contributed by atoms with E-state index < -0.39 is 30.4 Å². The molecule has 1 saturated heterocycles. The highest BCUT2D eigenvalue weighted by Gasteiger charge is 2.47. The molecule has 0 aliphatic carbocycles. The van der Waals surface area contributed by atoms with Crippen molar-refractivity contribution in [1.29, 1.82) is 0 Å². The van der Waals surface area contributed by atoms with Crippen LogP contribution in [-0.2, 0) is 4.74 Å². The van der Waals surface area contributed by atoms with Crippen molar-refractivity contribution in [3.05, 3.63) is 23.0 Å². The molecule has 0 saturated carbocycles. The molecule has 19 heavy (non-hydrogen) atoms. The summed E-state index contributed by atoms with van der Waals surface area (Å²) in [5, 5.41) is 18.7. The maximum atomic E-state index is 13.9. The molecule has 8 nitrogen and oxygen atoms in total. The van der Waals surface area contributed by atoms with Crippen LogP contribution in [0.15, 0.2) is 17.4 Å². The van der Waals surface area contributed by atoms with Gasteiger partial charge in [0.1, 0.15) is 12.7 Å². The maximum absolute atomic E-state index is 13.9. The van der Waals surface area contributed by atoms with Crippen molar-refractivity contribution in [2.45, 2.75) is 24.6 Å². The quantitative estimate of drug-likeness (QED) is 0.649. The van der Waals surface area contributed by atoms with Crippen LogP contribution in [0.1, 0.15) is 12.6 Å². The number of aliphatic hydroxyl groups excluding tert-OH is 2. The number of fused-ring (bicyclic) bond motifs is 1. The van der Waals surface area contributed by atoms with Crippen LogP contribution < -0.4 is 5.56 Å². The molecule has 0 aromatic carbocycles. The third-order valence-electron chi connectivity index (χ3n) is 3.05. The molecule has 0 radical (unpaired) electrons. The SMILES string of the molecule is O=c1[nH]cnc2c1ncn2[C@@H]1O[C@](F)(CO)C[C@H]1O. The molecule has 2 aromatic heterocycles. The van der Waals surface area contributed by atoms with Crippen molar-refractivity contribution in [2.75, 3.05) is 6.61 Å². The summed E-state index contributed by atoms with van der Waals surface area (Å²) in [4.78, 5) is 21.6. The highest BCUT2D eigenvalue weighted by atomic mass is 19.2. The molecule has 1 fully saturated rings. The van der Waals surface area contributed by atoms with Gasteiger partial charge in [-0.25, -0.2) is 14.4 Å². The lowest BCUT2D eigenvalue weighted by molar-refractivity contribution is -0.179. The van der Waals surface area contributed by atoms with E-state index in [1.54, 1.807) is 0 Å². The summed E-state index contributed by atoms with van der Waals surface area (Å²) in [5.41, 5.74) is -0.196. The van der Waals surface area contributed by atoms with E-state index in [0.29, 0.717) is 0 Å². The van der Waals surface area contributed by atoms with E-state index >= 15 is 0 Å². The number of ether oxygens (including phenoxy) is 1. The summed E-state index contributed by atoms with van der Waals surface area (Å²) in [6, 6.07) is 0. The first-order chi connectivity index (χ1) is 9.04. The van der Waals surface area contributed by atoms with E-state index in [2.05, 4.69) is 15.0 Å². The highest BCUT2D eigenvalue weighted by Crippen LogP contribution is 2.38. The zero-order chi connectivity index (χ0) is 13.6. The van der Waals surface area contributed by atoms with Crippen molar-refractivity contribution < 1.29 is 19.3 Å². The van der Waals surface area contributed by atoms with Gasteiger partial charge in [-0.05, 0) is 0 Å². The van der Waals surface area contributed by atoms with Gasteiger partial charge >= 0.3 is 0 Å². The van der Waals surface area contributed by atoms with Crippen LogP contribution in [0.3, 0.4) is 0 Å². The number of H-pyrrole nitrogens is 1. The normalized spacial score (nSPS) is 31.1. The number of alkyl halides is 1. The number of imidazole rings is 1. The third-order valence-corrected chi connectivity index (χ3v) is 3.05. The number of hydrogen-bond acceptors (Lipinski definition) is 6. The van der Waals surface area contributed by atoms with Crippen LogP contribution in [0.4, 0.5) is 4.39 Å². The van der Waals surface area contributed by atoms with E-state index in [-0.39, 0.29) is 17.6 Å². The molecule has 102 valence electrons. The van der Waals surface area contributed by atoms with Crippen LogP contribution in [0, 0.1) is 0 Å². The molecule has 0 bridgehead atoms. The Hall–Kier alpha value is -1.84. The minimum absolute atomic E-state index is 0.0682. The maximum Gasteiger partial charge on any atom is 0.278 e. The molecule has 0 amide bonds. The van der Waals surface area contributed by atoms with Crippen molar-refractivity contribution in [2.24, 2.45) is 0 Å². The zero-order valence-electron chi connectivity index (χ0n) is 9.65. The van der Waals surface area contributed by atoms with Gasteiger partial charge in [0.25, 0.3) is 5.56 Å². The molecular weight excluding hydrogens is 259 g/mol. The van der Waals surface area contributed by atoms with Crippen LogP contribution >= 0.6 is 0 Å². The molecule has 2 aromatic rings. The average Bonchev–Trinajstić information content (AvgIpc) is 2.92. The molecule has 1 aliphatic rings. The van der Waals surface area contributed by atoms with Crippen LogP contribution in [0.2, 0.25) is 0 Å². The second-order valence-corrected chi connectivity index (χ2v) is 4.38. The Morgan fingerprint density at radius 1 is 1.63 bits per heavy atom. The summed E-state index contributed by atoms with van der Waals surface area (Å²) in [5.74, 6) is -2.30. The first-order valence-electron chi connectivity index (χ1n) is 5.60. The number of nitrogens with zero attached hydrogens (tertiary/aromatic N) is 3. The Balaban J connectivity index is 2.06. The lowest BCUT2D eigenvalue weighted by Crippen LogP contribution is -2.27. The van der Waals surface area contributed by atoms with Gasteiger partial charge in [0.05, 0.1) is 12.7 Å². The van der Waals surface area contributed by atoms with E-state index in [4.69, 9.17) is 9.84 Å². The van der Waals surface area contributed by atoms with Crippen molar-refractivity contribution >= 4 is 11.2 Å². The van der Waals surface area contributed by atoms with E-state index in [1.807, 2.05) is 0 Å². The number of rotatable bonds is 2. The molecular formula is C10H11FN4O4. The third kappa shape index (κ3) is 1.82. The number of hydrogen-bond donors (Lipinski definition) is 3. The van der Waals surface area contributed by atoms with Crippen LogP contribution in [0.5, 0.6) is 0 Å². The smallest absolute Gasteiger partial charge is 0.278 e. The summed E-state index contributed by atoms with van der Waals surface area (Å²) in [6.45, 7) is -0.860. The second-order valence-electron chi connectivity index (χ2n) is 4.38. The number of aromatic amines is 1. The summed E-state index contributed by atoms with van der Waals surface area (Å²) in [7, 11) is 0. The number of halogens is 1. The monoisotopic (exact) mass is 270 g/mol. The van der Waals surface area contributed by atoms with Crippen LogP contribution in [0.25, 0.3) is 11.2 Å². The molecule has 3 N–H and O–H groups in total. The Labute approximate surface area is 105 Å². The largest absolute Gasteiger partial charge is 0.390 e. The van der Waals surface area contributed by atoms with Gasteiger partial charge in [-0.15, -0.1) is 0 Å². The molecule has 3 atom stereocenters. The molecule has 0 spiro atoms. The van der Waals surface area contributed by atoms with Gasteiger partial charge in [0, 0.05) is 6.42 Å². The summed E-state index contributed by atoms with van der Waals surface area (Å²) < 4.78 is 20.1.